The van der Waals surface area contributed by atoms with Crippen molar-refractivity contribution in [3.63, 3.8) is 0 Å². The minimum atomic E-state index is 0.0373. The van der Waals surface area contributed by atoms with Gasteiger partial charge in [-0.3, -0.25) is 4.79 Å². The summed E-state index contributed by atoms with van der Waals surface area (Å²) in [6.07, 6.45) is 1.59. The predicted molar refractivity (Wildman–Crippen MR) is 59.8 cm³/mol. The summed E-state index contributed by atoms with van der Waals surface area (Å²) in [5, 5.41) is 0.806. The summed E-state index contributed by atoms with van der Waals surface area (Å²) in [7, 11) is 1.57. The molecule has 0 unspecified atom stereocenters. The Morgan fingerprint density at radius 2 is 2.33 bits per heavy atom. The molecule has 6 heteroatoms. The Hall–Kier alpha value is -1.27. The first-order valence-corrected chi connectivity index (χ1v) is 5.77. The van der Waals surface area contributed by atoms with Crippen LogP contribution in [0.1, 0.15) is 16.6 Å². The summed E-state index contributed by atoms with van der Waals surface area (Å²) in [6, 6.07) is 1.81. The average molecular weight is 240 g/mol. The highest BCUT2D eigenvalue weighted by molar-refractivity contribution is 7.20. The van der Waals surface area contributed by atoms with Crippen molar-refractivity contribution >= 4 is 28.7 Å². The molecule has 0 saturated carbocycles. The van der Waals surface area contributed by atoms with Crippen LogP contribution in [-0.4, -0.2) is 22.3 Å². The lowest BCUT2D eigenvalue weighted by Crippen LogP contribution is -1.83. The number of ketones is 1. The molecule has 2 aromatic rings. The van der Waals surface area contributed by atoms with Gasteiger partial charge in [0.25, 0.3) is 0 Å². The normalized spacial score (nSPS) is 10.3. The van der Waals surface area contributed by atoms with Crippen molar-refractivity contribution in [3.8, 4) is 15.8 Å². The van der Waals surface area contributed by atoms with Crippen LogP contribution >= 0.6 is 22.9 Å². The summed E-state index contributed by atoms with van der Waals surface area (Å²) < 4.78 is 9.05. The van der Waals surface area contributed by atoms with Gasteiger partial charge < -0.3 is 4.74 Å². The zero-order chi connectivity index (χ0) is 10.8. The minimum Gasteiger partial charge on any atom is -0.480 e. The zero-order valence-corrected chi connectivity index (χ0v) is 9.82. The van der Waals surface area contributed by atoms with Gasteiger partial charge in [-0.05, 0) is 11.5 Å². The Labute approximate surface area is 94.7 Å². The topological polar surface area (TPSA) is 52.1 Å². The molecule has 2 aromatic heterocycles. The van der Waals surface area contributed by atoms with Crippen LogP contribution in [0.3, 0.4) is 0 Å². The van der Waals surface area contributed by atoms with Crippen molar-refractivity contribution < 1.29 is 9.53 Å². The fourth-order valence-electron chi connectivity index (χ4n) is 1.01. The van der Waals surface area contributed by atoms with Gasteiger partial charge in [0.1, 0.15) is 5.01 Å². The van der Waals surface area contributed by atoms with E-state index in [-0.39, 0.29) is 5.78 Å². The van der Waals surface area contributed by atoms with Gasteiger partial charge >= 0.3 is 0 Å². The summed E-state index contributed by atoms with van der Waals surface area (Å²) >= 11 is 2.69. The van der Waals surface area contributed by atoms with Crippen molar-refractivity contribution in [2.45, 2.75) is 6.92 Å². The molecule has 2 heterocycles. The quantitative estimate of drug-likeness (QED) is 0.773. The maximum Gasteiger partial charge on any atom is 0.225 e. The fraction of sp³-hybridized carbons (Fsp3) is 0.222. The molecule has 0 bridgehead atoms. The smallest absolute Gasteiger partial charge is 0.225 e. The number of methoxy groups -OCH3 is 1. The molecule has 4 nitrogen and oxygen atoms in total. The zero-order valence-electron chi connectivity index (χ0n) is 8.18. The number of nitrogens with zero attached hydrogens (tertiary/aromatic N) is 2. The first-order chi connectivity index (χ1) is 7.20. The van der Waals surface area contributed by atoms with E-state index in [4.69, 9.17) is 4.74 Å². The average Bonchev–Trinajstić information content (AvgIpc) is 2.86. The predicted octanol–water partition coefficient (Wildman–Crippen LogP) is 2.48. The van der Waals surface area contributed by atoms with Gasteiger partial charge in [-0.1, -0.05) is 0 Å². The Bertz CT molecular complexity index is 490. The van der Waals surface area contributed by atoms with E-state index in [1.54, 1.807) is 13.3 Å². The highest BCUT2D eigenvalue weighted by atomic mass is 32.1. The van der Waals surface area contributed by atoms with Gasteiger partial charge in [0.2, 0.25) is 5.88 Å². The lowest BCUT2D eigenvalue weighted by Gasteiger charge is -1.87. The third-order valence-electron chi connectivity index (χ3n) is 1.76. The van der Waals surface area contributed by atoms with Crippen molar-refractivity contribution in [2.75, 3.05) is 7.11 Å². The van der Waals surface area contributed by atoms with Crippen LogP contribution in [0.25, 0.3) is 9.88 Å². The number of ether oxygens (including phenoxy) is 1. The van der Waals surface area contributed by atoms with E-state index >= 15 is 0 Å². The first kappa shape index (κ1) is 10.3. The molecular weight excluding hydrogens is 232 g/mol. The monoisotopic (exact) mass is 240 g/mol. The number of Topliss-reactive ketones (excluding diaryl/α,β-unsaturated/α-hetero) is 1. The van der Waals surface area contributed by atoms with E-state index in [1.165, 1.54) is 29.8 Å². The summed E-state index contributed by atoms with van der Waals surface area (Å²) in [4.78, 5) is 16.8. The maximum absolute atomic E-state index is 11.1. The standard InChI is InChI=1S/C9H8N2O2S2/c1-5(12)7-4-10-9(14-7)6-3-8(13-2)11-15-6/h3-4H,1-2H3. The van der Waals surface area contributed by atoms with Gasteiger partial charge in [-0.15, -0.1) is 11.3 Å². The largest absolute Gasteiger partial charge is 0.480 e. The fourth-order valence-corrected chi connectivity index (χ4v) is 2.57. The Kier molecular flexibility index (Phi) is 2.79. The van der Waals surface area contributed by atoms with Crippen LogP contribution in [0.2, 0.25) is 0 Å². The van der Waals surface area contributed by atoms with Crippen LogP contribution in [0, 0.1) is 0 Å². The molecule has 0 aliphatic heterocycles. The molecule has 0 aliphatic rings. The van der Waals surface area contributed by atoms with Crippen molar-refractivity contribution in [1.82, 2.24) is 9.36 Å². The van der Waals surface area contributed by atoms with Gasteiger partial charge in [-0.2, -0.15) is 4.37 Å². The second-order valence-electron chi connectivity index (χ2n) is 2.82. The van der Waals surface area contributed by atoms with Crippen LogP contribution in [0.15, 0.2) is 12.3 Å². The number of thiazole rings is 1. The third kappa shape index (κ3) is 2.05. The number of aromatic nitrogens is 2. The molecule has 0 aliphatic carbocycles. The summed E-state index contributed by atoms with van der Waals surface area (Å²) in [6.45, 7) is 1.53. The molecule has 0 atom stereocenters. The maximum atomic E-state index is 11.1. The van der Waals surface area contributed by atoms with Crippen molar-refractivity contribution in [2.24, 2.45) is 0 Å². The number of hydrogen-bond acceptors (Lipinski definition) is 6. The van der Waals surface area contributed by atoms with Crippen LogP contribution in [-0.2, 0) is 0 Å². The van der Waals surface area contributed by atoms with Gasteiger partial charge in [0.15, 0.2) is 5.78 Å². The number of hydrogen-bond donors (Lipinski definition) is 0. The summed E-state index contributed by atoms with van der Waals surface area (Å²) in [5.41, 5.74) is 0. The Morgan fingerprint density at radius 1 is 1.53 bits per heavy atom. The second-order valence-corrected chi connectivity index (χ2v) is 4.65. The van der Waals surface area contributed by atoms with E-state index in [2.05, 4.69) is 9.36 Å². The molecular formula is C9H8N2O2S2. The first-order valence-electron chi connectivity index (χ1n) is 4.18. The molecule has 0 radical (unpaired) electrons. The third-order valence-corrected chi connectivity index (χ3v) is 3.80. The second kappa shape index (κ2) is 4.08. The minimum absolute atomic E-state index is 0.0373. The van der Waals surface area contributed by atoms with Gasteiger partial charge in [0.05, 0.1) is 16.9 Å². The van der Waals surface area contributed by atoms with E-state index in [0.29, 0.717) is 10.8 Å². The summed E-state index contributed by atoms with van der Waals surface area (Å²) in [5.74, 6) is 0.616. The van der Waals surface area contributed by atoms with Crippen LogP contribution in [0.4, 0.5) is 0 Å². The molecule has 15 heavy (non-hydrogen) atoms. The Balaban J connectivity index is 2.32. The van der Waals surface area contributed by atoms with Crippen molar-refractivity contribution in [3.05, 3.63) is 17.1 Å². The molecule has 0 aromatic carbocycles. The molecule has 78 valence electrons. The Morgan fingerprint density at radius 3 is 2.87 bits per heavy atom. The van der Waals surface area contributed by atoms with E-state index in [9.17, 15) is 4.79 Å². The van der Waals surface area contributed by atoms with Gasteiger partial charge in [-0.25, -0.2) is 4.98 Å². The SMILES string of the molecule is COc1cc(-c2ncc(C(C)=O)s2)sn1. The lowest BCUT2D eigenvalue weighted by atomic mass is 10.4. The van der Waals surface area contributed by atoms with E-state index < -0.39 is 0 Å². The highest BCUT2D eigenvalue weighted by Gasteiger charge is 2.11. The van der Waals surface area contributed by atoms with E-state index in [1.807, 2.05) is 6.07 Å². The number of rotatable bonds is 3. The molecule has 2 rings (SSSR count). The molecule has 0 fully saturated rings. The molecule has 0 N–H and O–H groups in total. The van der Waals surface area contributed by atoms with Crippen molar-refractivity contribution in [1.29, 1.82) is 0 Å². The highest BCUT2D eigenvalue weighted by Crippen LogP contribution is 2.31. The number of carbonyl (C=O) groups excluding carboxylic acids is 1. The van der Waals surface area contributed by atoms with Crippen LogP contribution in [0.5, 0.6) is 5.88 Å². The molecule has 0 saturated heterocycles. The van der Waals surface area contributed by atoms with Gasteiger partial charge in [0, 0.05) is 19.2 Å². The number of carbonyl (C=O) groups is 1. The molecule has 0 amide bonds. The van der Waals surface area contributed by atoms with Crippen LogP contribution < -0.4 is 4.74 Å². The lowest BCUT2D eigenvalue weighted by molar-refractivity contribution is 0.102. The van der Waals surface area contributed by atoms with E-state index in [0.717, 1.165) is 9.88 Å². The molecule has 0 spiro atoms.